The Morgan fingerprint density at radius 2 is 1.95 bits per heavy atom. The molecular formula is C15H15N3O2. The smallest absolute Gasteiger partial charge is 0.161 e. The lowest BCUT2D eigenvalue weighted by Gasteiger charge is -2.24. The minimum absolute atomic E-state index is 0.0597. The van der Waals surface area contributed by atoms with E-state index in [-0.39, 0.29) is 11.7 Å². The highest BCUT2D eigenvalue weighted by Gasteiger charge is 2.28. The second-order valence-corrected chi connectivity index (χ2v) is 5.00. The lowest BCUT2D eigenvalue weighted by atomic mass is 9.84. The van der Waals surface area contributed by atoms with E-state index in [4.69, 9.17) is 0 Å². The van der Waals surface area contributed by atoms with Crippen molar-refractivity contribution in [2.45, 2.75) is 31.3 Å². The van der Waals surface area contributed by atoms with Gasteiger partial charge in [0.25, 0.3) is 0 Å². The summed E-state index contributed by atoms with van der Waals surface area (Å²) < 4.78 is 0. The van der Waals surface area contributed by atoms with Gasteiger partial charge in [-0.1, -0.05) is 0 Å². The van der Waals surface area contributed by atoms with E-state index in [2.05, 4.69) is 15.0 Å². The molecule has 2 heterocycles. The number of carbonyl (C=O) groups excluding carboxylic acids is 1. The Balaban J connectivity index is 1.78. The fraction of sp³-hybridized carbons (Fsp3) is 0.333. The first kappa shape index (κ1) is 12.9. The van der Waals surface area contributed by atoms with Crippen LogP contribution in [0.1, 0.15) is 30.9 Å². The highest BCUT2D eigenvalue weighted by atomic mass is 16.3. The van der Waals surface area contributed by atoms with E-state index < -0.39 is 6.10 Å². The summed E-state index contributed by atoms with van der Waals surface area (Å²) in [6.07, 6.45) is 5.94. The molecule has 2 atom stereocenters. The van der Waals surface area contributed by atoms with Crippen LogP contribution >= 0.6 is 0 Å². The molecule has 1 aliphatic rings. The highest BCUT2D eigenvalue weighted by Crippen LogP contribution is 2.30. The number of ketones is 1. The van der Waals surface area contributed by atoms with E-state index in [0.717, 1.165) is 17.7 Å². The molecule has 5 nitrogen and oxygen atoms in total. The summed E-state index contributed by atoms with van der Waals surface area (Å²) in [4.78, 5) is 24.1. The fourth-order valence-electron chi connectivity index (χ4n) is 2.50. The zero-order valence-electron chi connectivity index (χ0n) is 10.9. The molecule has 1 fully saturated rings. The second kappa shape index (κ2) is 5.46. The average Bonchev–Trinajstić information content (AvgIpc) is 2.51. The van der Waals surface area contributed by atoms with Crippen LogP contribution in [0, 0.1) is 0 Å². The van der Waals surface area contributed by atoms with Crippen LogP contribution in [-0.2, 0) is 4.79 Å². The van der Waals surface area contributed by atoms with Crippen LogP contribution in [0.15, 0.2) is 36.8 Å². The van der Waals surface area contributed by atoms with Gasteiger partial charge in [0, 0.05) is 42.2 Å². The first-order valence-electron chi connectivity index (χ1n) is 6.68. The average molecular weight is 269 g/mol. The van der Waals surface area contributed by atoms with Crippen LogP contribution in [-0.4, -0.2) is 31.9 Å². The molecule has 0 saturated heterocycles. The first-order chi connectivity index (χ1) is 9.74. The zero-order chi connectivity index (χ0) is 13.9. The molecule has 0 radical (unpaired) electrons. The molecule has 0 spiro atoms. The Bertz CT molecular complexity index is 598. The lowest BCUT2D eigenvalue weighted by Crippen LogP contribution is -2.28. The third kappa shape index (κ3) is 2.58. The number of hydrogen-bond acceptors (Lipinski definition) is 5. The Hall–Kier alpha value is -2.14. The van der Waals surface area contributed by atoms with Crippen molar-refractivity contribution in [1.82, 2.24) is 15.0 Å². The summed E-state index contributed by atoms with van der Waals surface area (Å²) >= 11 is 0. The summed E-state index contributed by atoms with van der Waals surface area (Å²) in [5.74, 6) is 0.731. The number of aliphatic hydroxyl groups is 1. The molecule has 0 amide bonds. The summed E-state index contributed by atoms with van der Waals surface area (Å²) in [7, 11) is 0. The molecule has 1 aliphatic carbocycles. The standard InChI is InChI=1S/C15H15N3O2/c19-13-5-3-10(8-14(13)20)12-4-2-11(9-18-12)15-16-6-1-7-17-15/h1-2,4,6-7,9-10,14,20H,3,5,8H2. The van der Waals surface area contributed by atoms with Gasteiger partial charge in [0.05, 0.1) is 0 Å². The largest absolute Gasteiger partial charge is 0.385 e. The maximum atomic E-state index is 11.3. The van der Waals surface area contributed by atoms with E-state index in [1.165, 1.54) is 0 Å². The Kier molecular flexibility index (Phi) is 3.52. The molecule has 2 aromatic heterocycles. The molecule has 2 unspecified atom stereocenters. The number of aliphatic hydroxyl groups excluding tert-OH is 1. The summed E-state index contributed by atoms with van der Waals surface area (Å²) in [6, 6.07) is 5.63. The second-order valence-electron chi connectivity index (χ2n) is 5.00. The van der Waals surface area contributed by atoms with Crippen LogP contribution in [0.4, 0.5) is 0 Å². The van der Waals surface area contributed by atoms with Gasteiger partial charge in [-0.25, -0.2) is 9.97 Å². The van der Waals surface area contributed by atoms with Crippen molar-refractivity contribution in [3.63, 3.8) is 0 Å². The summed E-state index contributed by atoms with van der Waals surface area (Å²) in [5, 5.41) is 9.64. The SMILES string of the molecule is O=C1CCC(c2ccc(-c3ncccn3)cn2)CC1O. The molecule has 3 rings (SSSR count). The van der Waals surface area contributed by atoms with Crippen LogP contribution in [0.5, 0.6) is 0 Å². The molecule has 1 N–H and O–H groups in total. The van der Waals surface area contributed by atoms with Gasteiger partial charge < -0.3 is 5.11 Å². The molecule has 0 bridgehead atoms. The van der Waals surface area contributed by atoms with Crippen LogP contribution in [0.2, 0.25) is 0 Å². The Labute approximate surface area is 116 Å². The van der Waals surface area contributed by atoms with Crippen molar-refractivity contribution in [1.29, 1.82) is 0 Å². The Morgan fingerprint density at radius 1 is 1.15 bits per heavy atom. The minimum atomic E-state index is -0.840. The maximum Gasteiger partial charge on any atom is 0.161 e. The van der Waals surface area contributed by atoms with Crippen LogP contribution < -0.4 is 0 Å². The molecule has 102 valence electrons. The van der Waals surface area contributed by atoms with E-state index in [1.807, 2.05) is 12.1 Å². The van der Waals surface area contributed by atoms with Gasteiger partial charge in [0.15, 0.2) is 11.6 Å². The number of Topliss-reactive ketones (excluding diaryl/α,β-unsaturated/α-hetero) is 1. The summed E-state index contributed by atoms with van der Waals surface area (Å²) in [5.41, 5.74) is 1.78. The van der Waals surface area contributed by atoms with Crippen LogP contribution in [0.25, 0.3) is 11.4 Å². The highest BCUT2D eigenvalue weighted by molar-refractivity contribution is 5.83. The lowest BCUT2D eigenvalue weighted by molar-refractivity contribution is -0.129. The molecule has 20 heavy (non-hydrogen) atoms. The molecule has 2 aromatic rings. The predicted octanol–water partition coefficient (Wildman–Crippen LogP) is 1.74. The van der Waals surface area contributed by atoms with Crippen molar-refractivity contribution in [2.75, 3.05) is 0 Å². The Morgan fingerprint density at radius 3 is 2.60 bits per heavy atom. The van der Waals surface area contributed by atoms with Crippen molar-refractivity contribution in [3.05, 3.63) is 42.5 Å². The van der Waals surface area contributed by atoms with Gasteiger partial charge in [-0.15, -0.1) is 0 Å². The van der Waals surface area contributed by atoms with Crippen molar-refractivity contribution in [3.8, 4) is 11.4 Å². The van der Waals surface area contributed by atoms with Gasteiger partial charge in [0.1, 0.15) is 6.10 Å². The number of carbonyl (C=O) groups is 1. The molecule has 0 aliphatic heterocycles. The topological polar surface area (TPSA) is 76.0 Å². The quantitative estimate of drug-likeness (QED) is 0.898. The van der Waals surface area contributed by atoms with Crippen LogP contribution in [0.3, 0.4) is 0 Å². The predicted molar refractivity (Wildman–Crippen MR) is 72.9 cm³/mol. The van der Waals surface area contributed by atoms with Crippen molar-refractivity contribution < 1.29 is 9.90 Å². The third-order valence-electron chi connectivity index (χ3n) is 3.65. The molecule has 0 aromatic carbocycles. The van der Waals surface area contributed by atoms with E-state index >= 15 is 0 Å². The number of nitrogens with zero attached hydrogens (tertiary/aromatic N) is 3. The van der Waals surface area contributed by atoms with Crippen molar-refractivity contribution >= 4 is 5.78 Å². The first-order valence-corrected chi connectivity index (χ1v) is 6.68. The molecule has 5 heteroatoms. The number of rotatable bonds is 2. The summed E-state index contributed by atoms with van der Waals surface area (Å²) in [6.45, 7) is 0. The normalized spacial score (nSPS) is 22.8. The van der Waals surface area contributed by atoms with Gasteiger partial charge in [-0.05, 0) is 31.0 Å². The van der Waals surface area contributed by atoms with Gasteiger partial charge in [0.2, 0.25) is 0 Å². The number of hydrogen-bond donors (Lipinski definition) is 1. The van der Waals surface area contributed by atoms with Gasteiger partial charge in [-0.2, -0.15) is 0 Å². The third-order valence-corrected chi connectivity index (χ3v) is 3.65. The van der Waals surface area contributed by atoms with E-state index in [0.29, 0.717) is 18.7 Å². The maximum absolute atomic E-state index is 11.3. The molecular weight excluding hydrogens is 254 g/mol. The fourth-order valence-corrected chi connectivity index (χ4v) is 2.50. The van der Waals surface area contributed by atoms with Gasteiger partial charge >= 0.3 is 0 Å². The van der Waals surface area contributed by atoms with Gasteiger partial charge in [-0.3, -0.25) is 9.78 Å². The zero-order valence-corrected chi connectivity index (χ0v) is 10.9. The monoisotopic (exact) mass is 269 g/mol. The van der Waals surface area contributed by atoms with E-state index in [9.17, 15) is 9.90 Å². The number of aromatic nitrogens is 3. The van der Waals surface area contributed by atoms with Crippen molar-refractivity contribution in [2.24, 2.45) is 0 Å². The minimum Gasteiger partial charge on any atom is -0.385 e. The van der Waals surface area contributed by atoms with E-state index in [1.54, 1.807) is 24.7 Å². The molecule has 1 saturated carbocycles. The number of pyridine rings is 1.